The van der Waals surface area contributed by atoms with E-state index in [4.69, 9.17) is 4.74 Å². The van der Waals surface area contributed by atoms with E-state index in [1.807, 2.05) is 36.1 Å². The van der Waals surface area contributed by atoms with Crippen LogP contribution < -0.4 is 0 Å². The van der Waals surface area contributed by atoms with Crippen molar-refractivity contribution in [3.05, 3.63) is 52.0 Å². The first-order valence-electron chi connectivity index (χ1n) is 7.58. The van der Waals surface area contributed by atoms with E-state index in [-0.39, 0.29) is 12.0 Å². The molecule has 1 atom stereocenters. The smallest absolute Gasteiger partial charge is 0.264 e. The van der Waals surface area contributed by atoms with Crippen LogP contribution in [0.15, 0.2) is 36.7 Å². The fourth-order valence-corrected chi connectivity index (χ4v) is 3.50. The van der Waals surface area contributed by atoms with Crippen molar-refractivity contribution >= 4 is 17.2 Å². The number of nitrogens with zero attached hydrogens (tertiary/aromatic N) is 2. The van der Waals surface area contributed by atoms with Crippen LogP contribution in [0, 0.1) is 6.92 Å². The number of ether oxygens (including phenoxy) is 1. The van der Waals surface area contributed by atoms with Gasteiger partial charge >= 0.3 is 0 Å². The quantitative estimate of drug-likeness (QED) is 0.850. The van der Waals surface area contributed by atoms with Crippen molar-refractivity contribution in [3.8, 4) is 0 Å². The Morgan fingerprint density at radius 1 is 1.36 bits per heavy atom. The Kier molecular flexibility index (Phi) is 4.85. The normalized spacial score (nSPS) is 17.6. The zero-order valence-electron chi connectivity index (χ0n) is 12.7. The van der Waals surface area contributed by atoms with E-state index in [1.54, 1.807) is 23.7 Å². The number of carbonyl (C=O) groups excluding carboxylic acids is 1. The highest BCUT2D eigenvalue weighted by Gasteiger charge is 2.24. The second-order valence-corrected chi connectivity index (χ2v) is 6.87. The Balaban J connectivity index is 1.76. The average molecular weight is 316 g/mol. The predicted molar refractivity (Wildman–Crippen MR) is 87.0 cm³/mol. The van der Waals surface area contributed by atoms with Gasteiger partial charge in [0.15, 0.2) is 0 Å². The Bertz CT molecular complexity index is 621. The maximum Gasteiger partial charge on any atom is 0.264 e. The van der Waals surface area contributed by atoms with Crippen molar-refractivity contribution in [1.29, 1.82) is 0 Å². The molecule has 1 amide bonds. The molecule has 4 nitrogen and oxygen atoms in total. The number of pyridine rings is 1. The van der Waals surface area contributed by atoms with Gasteiger partial charge in [0.2, 0.25) is 0 Å². The van der Waals surface area contributed by atoms with Gasteiger partial charge in [-0.15, -0.1) is 11.3 Å². The zero-order chi connectivity index (χ0) is 15.4. The average Bonchev–Trinajstić information content (AvgIpc) is 3.18. The molecule has 0 spiro atoms. The van der Waals surface area contributed by atoms with Crippen LogP contribution in [0.1, 0.15) is 33.0 Å². The van der Waals surface area contributed by atoms with Crippen LogP contribution in [0.4, 0.5) is 0 Å². The molecule has 1 fully saturated rings. The molecule has 0 aromatic carbocycles. The third-order valence-corrected chi connectivity index (χ3v) is 4.80. The summed E-state index contributed by atoms with van der Waals surface area (Å²) in [6, 6.07) is 7.82. The van der Waals surface area contributed by atoms with Gasteiger partial charge in [-0.2, -0.15) is 0 Å². The van der Waals surface area contributed by atoms with Crippen molar-refractivity contribution in [1.82, 2.24) is 9.88 Å². The molecule has 0 bridgehead atoms. The van der Waals surface area contributed by atoms with Crippen molar-refractivity contribution < 1.29 is 9.53 Å². The van der Waals surface area contributed by atoms with E-state index < -0.39 is 0 Å². The van der Waals surface area contributed by atoms with Crippen LogP contribution in [-0.2, 0) is 11.3 Å². The summed E-state index contributed by atoms with van der Waals surface area (Å²) >= 11 is 1.55. The van der Waals surface area contributed by atoms with Gasteiger partial charge in [0, 0.05) is 37.0 Å². The van der Waals surface area contributed by atoms with Gasteiger partial charge in [0.25, 0.3) is 5.91 Å². The van der Waals surface area contributed by atoms with E-state index in [0.29, 0.717) is 13.1 Å². The Hall–Kier alpha value is -1.72. The first-order chi connectivity index (χ1) is 10.7. The van der Waals surface area contributed by atoms with Gasteiger partial charge in [-0.05, 0) is 49.6 Å². The van der Waals surface area contributed by atoms with E-state index >= 15 is 0 Å². The number of rotatable bonds is 5. The zero-order valence-corrected chi connectivity index (χ0v) is 13.5. The standard InChI is InChI=1S/C17H20N2O2S/c1-13-4-5-16(22-13)17(20)19(12-15-3-2-10-21-15)11-14-6-8-18-9-7-14/h4-9,15H,2-3,10-12H2,1H3/t15-/m0/s1. The van der Waals surface area contributed by atoms with Crippen molar-refractivity contribution in [2.45, 2.75) is 32.4 Å². The highest BCUT2D eigenvalue weighted by molar-refractivity contribution is 7.13. The third kappa shape index (κ3) is 3.72. The lowest BCUT2D eigenvalue weighted by Crippen LogP contribution is -2.36. The number of hydrogen-bond acceptors (Lipinski definition) is 4. The third-order valence-electron chi connectivity index (χ3n) is 3.81. The molecule has 1 aliphatic heterocycles. The van der Waals surface area contributed by atoms with Crippen molar-refractivity contribution in [3.63, 3.8) is 0 Å². The maximum atomic E-state index is 12.8. The molecule has 3 heterocycles. The molecule has 5 heteroatoms. The Labute approximate surface area is 134 Å². The van der Waals surface area contributed by atoms with Crippen LogP contribution in [0.25, 0.3) is 0 Å². The molecule has 2 aromatic heterocycles. The largest absolute Gasteiger partial charge is 0.376 e. The first-order valence-corrected chi connectivity index (χ1v) is 8.40. The van der Waals surface area contributed by atoms with Crippen LogP contribution in [0.5, 0.6) is 0 Å². The predicted octanol–water partition coefficient (Wildman–Crippen LogP) is 3.27. The van der Waals surface area contributed by atoms with Gasteiger partial charge in [-0.1, -0.05) is 0 Å². The Morgan fingerprint density at radius 3 is 2.82 bits per heavy atom. The summed E-state index contributed by atoms with van der Waals surface area (Å²) in [6.07, 6.45) is 5.80. The van der Waals surface area contributed by atoms with Crippen LogP contribution in [0.3, 0.4) is 0 Å². The molecule has 0 saturated carbocycles. The summed E-state index contributed by atoms with van der Waals surface area (Å²) in [5, 5.41) is 0. The van der Waals surface area contributed by atoms with E-state index in [9.17, 15) is 4.79 Å². The van der Waals surface area contributed by atoms with E-state index in [1.165, 1.54) is 0 Å². The second-order valence-electron chi connectivity index (χ2n) is 5.59. The lowest BCUT2D eigenvalue weighted by molar-refractivity contribution is 0.0511. The molecule has 0 N–H and O–H groups in total. The van der Waals surface area contributed by atoms with E-state index in [0.717, 1.165) is 34.8 Å². The van der Waals surface area contributed by atoms with Gasteiger partial charge in [-0.25, -0.2) is 0 Å². The SMILES string of the molecule is Cc1ccc(C(=O)N(Cc2ccncc2)C[C@@H]2CCCO2)s1. The van der Waals surface area contributed by atoms with Crippen molar-refractivity contribution in [2.24, 2.45) is 0 Å². The monoisotopic (exact) mass is 316 g/mol. The summed E-state index contributed by atoms with van der Waals surface area (Å²) < 4.78 is 5.71. The fraction of sp³-hybridized carbons (Fsp3) is 0.412. The molecular weight excluding hydrogens is 296 g/mol. The highest BCUT2D eigenvalue weighted by atomic mass is 32.1. The number of carbonyl (C=O) groups is 1. The summed E-state index contributed by atoms with van der Waals surface area (Å²) in [6.45, 7) is 4.07. The summed E-state index contributed by atoms with van der Waals surface area (Å²) in [5.41, 5.74) is 1.09. The Morgan fingerprint density at radius 2 is 2.18 bits per heavy atom. The minimum absolute atomic E-state index is 0.0883. The molecule has 22 heavy (non-hydrogen) atoms. The number of aromatic nitrogens is 1. The molecule has 2 aromatic rings. The minimum atomic E-state index is 0.0883. The molecule has 0 aliphatic carbocycles. The maximum absolute atomic E-state index is 12.8. The first kappa shape index (κ1) is 15.2. The molecular formula is C17H20N2O2S. The van der Waals surface area contributed by atoms with Gasteiger partial charge in [0.05, 0.1) is 11.0 Å². The molecule has 3 rings (SSSR count). The van der Waals surface area contributed by atoms with Crippen LogP contribution >= 0.6 is 11.3 Å². The summed E-state index contributed by atoms with van der Waals surface area (Å²) in [5.74, 6) is 0.0883. The van der Waals surface area contributed by atoms with Crippen molar-refractivity contribution in [2.75, 3.05) is 13.2 Å². The number of amides is 1. The van der Waals surface area contributed by atoms with Gasteiger partial charge in [-0.3, -0.25) is 9.78 Å². The lowest BCUT2D eigenvalue weighted by Gasteiger charge is -2.25. The van der Waals surface area contributed by atoms with E-state index in [2.05, 4.69) is 4.98 Å². The van der Waals surface area contributed by atoms with Gasteiger partial charge < -0.3 is 9.64 Å². The van der Waals surface area contributed by atoms with Crippen LogP contribution in [-0.4, -0.2) is 35.0 Å². The van der Waals surface area contributed by atoms with Gasteiger partial charge in [0.1, 0.15) is 0 Å². The molecule has 0 unspecified atom stereocenters. The number of hydrogen-bond donors (Lipinski definition) is 0. The molecule has 1 saturated heterocycles. The topological polar surface area (TPSA) is 42.4 Å². The fourth-order valence-electron chi connectivity index (χ4n) is 2.67. The number of thiophene rings is 1. The number of aryl methyl sites for hydroxylation is 1. The minimum Gasteiger partial charge on any atom is -0.376 e. The second kappa shape index (κ2) is 7.03. The summed E-state index contributed by atoms with van der Waals surface area (Å²) in [7, 11) is 0. The molecule has 0 radical (unpaired) electrons. The van der Waals surface area contributed by atoms with Crippen LogP contribution in [0.2, 0.25) is 0 Å². The molecule has 116 valence electrons. The summed E-state index contributed by atoms with van der Waals surface area (Å²) in [4.78, 5) is 20.7. The lowest BCUT2D eigenvalue weighted by atomic mass is 10.2. The highest BCUT2D eigenvalue weighted by Crippen LogP contribution is 2.21. The molecule has 1 aliphatic rings.